The molecule has 0 saturated carbocycles. The molecule has 2 aromatic heterocycles. The Bertz CT molecular complexity index is 870. The predicted octanol–water partition coefficient (Wildman–Crippen LogP) is 2.75. The van der Waals surface area contributed by atoms with Crippen molar-refractivity contribution in [1.82, 2.24) is 14.5 Å². The summed E-state index contributed by atoms with van der Waals surface area (Å²) in [5.41, 5.74) is 5.83. The predicted molar refractivity (Wildman–Crippen MR) is 82.2 cm³/mol. The molecule has 3 heterocycles. The van der Waals surface area contributed by atoms with Gasteiger partial charge >= 0.3 is 0 Å². The number of imidazole rings is 1. The van der Waals surface area contributed by atoms with Crippen molar-refractivity contribution in [2.45, 2.75) is 18.6 Å². The summed E-state index contributed by atoms with van der Waals surface area (Å²) in [5.74, 6) is 0.121. The average Bonchev–Trinajstić information content (AvgIpc) is 3.21. The van der Waals surface area contributed by atoms with Gasteiger partial charge in [0.05, 0.1) is 30.4 Å². The van der Waals surface area contributed by atoms with Gasteiger partial charge in [-0.3, -0.25) is 4.98 Å². The van der Waals surface area contributed by atoms with Crippen molar-refractivity contribution < 1.29 is 5.11 Å². The summed E-state index contributed by atoms with van der Waals surface area (Å²) in [6.45, 7) is 0. The number of aliphatic hydroxyl groups is 1. The molecule has 0 saturated heterocycles. The van der Waals surface area contributed by atoms with E-state index in [1.165, 1.54) is 16.7 Å². The Hall–Kier alpha value is -2.46. The van der Waals surface area contributed by atoms with Crippen molar-refractivity contribution in [2.75, 3.05) is 0 Å². The Morgan fingerprint density at radius 2 is 1.95 bits per heavy atom. The molecule has 4 nitrogen and oxygen atoms in total. The third-order valence-electron chi connectivity index (χ3n) is 5.05. The first kappa shape index (κ1) is 12.1. The Morgan fingerprint density at radius 3 is 2.86 bits per heavy atom. The second-order valence-corrected chi connectivity index (χ2v) is 6.11. The van der Waals surface area contributed by atoms with E-state index in [0.717, 1.165) is 17.7 Å². The van der Waals surface area contributed by atoms with E-state index < -0.39 is 6.10 Å². The highest BCUT2D eigenvalue weighted by Crippen LogP contribution is 2.50. The second kappa shape index (κ2) is 4.27. The van der Waals surface area contributed by atoms with Gasteiger partial charge in [-0.25, -0.2) is 4.98 Å². The lowest BCUT2D eigenvalue weighted by atomic mass is 9.88. The second-order valence-electron chi connectivity index (χ2n) is 6.11. The molecule has 0 amide bonds. The fraction of sp³-hybridized carbons (Fsp3) is 0.222. The van der Waals surface area contributed by atoms with Crippen LogP contribution in [0.25, 0.3) is 11.3 Å². The third-order valence-corrected chi connectivity index (χ3v) is 5.05. The minimum Gasteiger partial charge on any atom is -0.388 e. The summed E-state index contributed by atoms with van der Waals surface area (Å²) in [5, 5.41) is 10.8. The van der Waals surface area contributed by atoms with E-state index in [1.54, 1.807) is 12.4 Å². The molecular formula is C18H15N3O. The van der Waals surface area contributed by atoms with Crippen LogP contribution in [0.15, 0.2) is 55.2 Å². The molecule has 108 valence electrons. The largest absolute Gasteiger partial charge is 0.388 e. The van der Waals surface area contributed by atoms with Crippen LogP contribution in [0.5, 0.6) is 0 Å². The monoisotopic (exact) mass is 289 g/mol. The van der Waals surface area contributed by atoms with Gasteiger partial charge in [0.1, 0.15) is 0 Å². The molecule has 0 fully saturated rings. The lowest BCUT2D eigenvalue weighted by Gasteiger charge is -2.25. The third kappa shape index (κ3) is 1.45. The van der Waals surface area contributed by atoms with Gasteiger partial charge in [-0.05, 0) is 23.6 Å². The van der Waals surface area contributed by atoms with Gasteiger partial charge in [-0.2, -0.15) is 0 Å². The molecule has 0 spiro atoms. The van der Waals surface area contributed by atoms with Crippen molar-refractivity contribution >= 4 is 0 Å². The smallest absolute Gasteiger partial charge is 0.0956 e. The fourth-order valence-electron chi connectivity index (χ4n) is 4.08. The molecular weight excluding hydrogens is 274 g/mol. The molecule has 5 rings (SSSR count). The maximum atomic E-state index is 10.8. The zero-order chi connectivity index (χ0) is 14.7. The Morgan fingerprint density at radius 1 is 1.05 bits per heavy atom. The van der Waals surface area contributed by atoms with Gasteiger partial charge in [-0.1, -0.05) is 24.3 Å². The molecule has 3 atom stereocenters. The number of hydrogen-bond acceptors (Lipinski definition) is 3. The Labute approximate surface area is 128 Å². The summed E-state index contributed by atoms with van der Waals surface area (Å²) in [7, 11) is 0. The molecule has 3 aromatic rings. The van der Waals surface area contributed by atoms with Crippen LogP contribution in [0, 0.1) is 5.92 Å². The van der Waals surface area contributed by atoms with Crippen molar-refractivity contribution in [3.8, 4) is 11.3 Å². The summed E-state index contributed by atoms with van der Waals surface area (Å²) >= 11 is 0. The highest BCUT2D eigenvalue weighted by molar-refractivity contribution is 5.69. The summed E-state index contributed by atoms with van der Waals surface area (Å²) < 4.78 is 2.21. The standard InChI is InChI=1S/C18H15N3O/c22-18-14(7-11-5-6-19-8-15(11)18)17-13-4-2-1-3-12(13)16-9-20-10-21(16)17/h1-6,8-10,14,17-18,22H,7H2/t14-,17?,18+/m1/s1. The van der Waals surface area contributed by atoms with Crippen LogP contribution in [0.2, 0.25) is 0 Å². The summed E-state index contributed by atoms with van der Waals surface area (Å²) in [4.78, 5) is 8.47. The number of pyridine rings is 1. The van der Waals surface area contributed by atoms with Gasteiger partial charge in [0.15, 0.2) is 0 Å². The lowest BCUT2D eigenvalue weighted by Crippen LogP contribution is -2.21. The van der Waals surface area contributed by atoms with E-state index in [4.69, 9.17) is 0 Å². The van der Waals surface area contributed by atoms with Crippen LogP contribution in [0.3, 0.4) is 0 Å². The summed E-state index contributed by atoms with van der Waals surface area (Å²) in [6, 6.07) is 10.6. The highest BCUT2D eigenvalue weighted by atomic mass is 16.3. The zero-order valence-corrected chi connectivity index (χ0v) is 11.9. The van der Waals surface area contributed by atoms with E-state index >= 15 is 0 Å². The number of rotatable bonds is 1. The van der Waals surface area contributed by atoms with E-state index in [2.05, 4.69) is 38.8 Å². The minimum absolute atomic E-state index is 0.121. The van der Waals surface area contributed by atoms with Crippen LogP contribution in [0.4, 0.5) is 0 Å². The van der Waals surface area contributed by atoms with Crippen LogP contribution in [-0.4, -0.2) is 19.6 Å². The highest BCUT2D eigenvalue weighted by Gasteiger charge is 2.42. The SMILES string of the molecule is O[C@@H]1c2cnccc2C[C@@H]1C1c2ccccc2-c2cncn21. The molecule has 1 N–H and O–H groups in total. The van der Waals surface area contributed by atoms with Gasteiger partial charge in [0.2, 0.25) is 0 Å². The molecule has 0 bridgehead atoms. The molecule has 1 aliphatic heterocycles. The molecule has 1 aliphatic carbocycles. The molecule has 1 unspecified atom stereocenters. The lowest BCUT2D eigenvalue weighted by molar-refractivity contribution is 0.101. The number of aliphatic hydroxyl groups excluding tert-OH is 1. The number of nitrogens with zero attached hydrogens (tertiary/aromatic N) is 3. The first-order valence-corrected chi connectivity index (χ1v) is 7.56. The molecule has 1 aromatic carbocycles. The van der Waals surface area contributed by atoms with Crippen molar-refractivity contribution in [3.05, 3.63) is 71.9 Å². The first-order chi connectivity index (χ1) is 10.8. The van der Waals surface area contributed by atoms with Crippen LogP contribution in [-0.2, 0) is 6.42 Å². The topological polar surface area (TPSA) is 50.9 Å². The van der Waals surface area contributed by atoms with E-state index in [1.807, 2.05) is 18.6 Å². The molecule has 22 heavy (non-hydrogen) atoms. The van der Waals surface area contributed by atoms with Gasteiger partial charge in [0.25, 0.3) is 0 Å². The van der Waals surface area contributed by atoms with Crippen LogP contribution < -0.4 is 0 Å². The normalized spacial score (nSPS) is 24.9. The Kier molecular flexibility index (Phi) is 2.35. The van der Waals surface area contributed by atoms with E-state index in [-0.39, 0.29) is 12.0 Å². The quantitative estimate of drug-likeness (QED) is 0.749. The first-order valence-electron chi connectivity index (χ1n) is 7.56. The number of fused-ring (bicyclic) bond motifs is 4. The average molecular weight is 289 g/mol. The number of benzene rings is 1. The van der Waals surface area contributed by atoms with E-state index in [9.17, 15) is 5.11 Å². The zero-order valence-electron chi connectivity index (χ0n) is 11.9. The Balaban J connectivity index is 1.66. The van der Waals surface area contributed by atoms with Gasteiger partial charge in [0, 0.05) is 29.4 Å². The number of aromatic nitrogens is 3. The number of hydrogen-bond donors (Lipinski definition) is 1. The molecule has 2 aliphatic rings. The maximum Gasteiger partial charge on any atom is 0.0956 e. The van der Waals surface area contributed by atoms with Crippen molar-refractivity contribution in [1.29, 1.82) is 0 Å². The molecule has 0 radical (unpaired) electrons. The van der Waals surface area contributed by atoms with Crippen molar-refractivity contribution in [2.24, 2.45) is 5.92 Å². The fourth-order valence-corrected chi connectivity index (χ4v) is 4.08. The van der Waals surface area contributed by atoms with E-state index in [0.29, 0.717) is 0 Å². The van der Waals surface area contributed by atoms with Crippen LogP contribution in [0.1, 0.15) is 28.8 Å². The van der Waals surface area contributed by atoms with Gasteiger partial charge in [-0.15, -0.1) is 0 Å². The van der Waals surface area contributed by atoms with Crippen LogP contribution >= 0.6 is 0 Å². The molecule has 4 heteroatoms. The minimum atomic E-state index is -0.477. The van der Waals surface area contributed by atoms with Crippen molar-refractivity contribution in [3.63, 3.8) is 0 Å². The summed E-state index contributed by atoms with van der Waals surface area (Å²) in [6.07, 6.45) is 7.79. The van der Waals surface area contributed by atoms with Gasteiger partial charge < -0.3 is 9.67 Å². The maximum absolute atomic E-state index is 10.8.